The summed E-state index contributed by atoms with van der Waals surface area (Å²) in [7, 11) is 1.95. The molecule has 0 spiro atoms. The molecule has 1 unspecified atom stereocenters. The van der Waals surface area contributed by atoms with Gasteiger partial charge in [-0.05, 0) is 34.7 Å². The van der Waals surface area contributed by atoms with Crippen LogP contribution in [0.25, 0.3) is 0 Å². The molecule has 1 atom stereocenters. The molecule has 0 saturated heterocycles. The lowest BCUT2D eigenvalue weighted by molar-refractivity contribution is 0.639. The molecule has 0 aliphatic heterocycles. The van der Waals surface area contributed by atoms with Gasteiger partial charge in [-0.3, -0.25) is 0 Å². The van der Waals surface area contributed by atoms with Gasteiger partial charge in [-0.15, -0.1) is 0 Å². The van der Waals surface area contributed by atoms with Crippen molar-refractivity contribution in [3.63, 3.8) is 0 Å². The Kier molecular flexibility index (Phi) is 4.68. The highest BCUT2D eigenvalue weighted by molar-refractivity contribution is 5.33. The molecule has 0 bridgehead atoms. The van der Waals surface area contributed by atoms with Crippen molar-refractivity contribution in [2.75, 3.05) is 25.0 Å². The van der Waals surface area contributed by atoms with E-state index in [1.54, 1.807) is 0 Å². The number of hydrogen-bond acceptors (Lipinski definition) is 4. The fourth-order valence-electron chi connectivity index (χ4n) is 1.70. The van der Waals surface area contributed by atoms with Crippen LogP contribution in [-0.2, 0) is 0 Å². The van der Waals surface area contributed by atoms with E-state index in [0.717, 1.165) is 24.7 Å². The van der Waals surface area contributed by atoms with Gasteiger partial charge in [0.05, 0.1) is 0 Å². The van der Waals surface area contributed by atoms with Gasteiger partial charge < -0.3 is 10.2 Å². The van der Waals surface area contributed by atoms with Crippen LogP contribution in [0.15, 0.2) is 6.20 Å². The Morgan fingerprint density at radius 3 is 2.44 bits per heavy atom. The number of aromatic nitrogens is 2. The van der Waals surface area contributed by atoms with E-state index in [4.69, 9.17) is 0 Å². The minimum absolute atomic E-state index is 0.297. The third-order valence-electron chi connectivity index (χ3n) is 2.95. The third kappa shape index (κ3) is 2.70. The number of nitrogens with one attached hydrogen (secondary N) is 1. The van der Waals surface area contributed by atoms with Crippen molar-refractivity contribution in [1.29, 1.82) is 0 Å². The van der Waals surface area contributed by atoms with E-state index < -0.39 is 0 Å². The number of nitrogens with zero attached hydrogens (tertiary/aromatic N) is 3. The molecule has 0 radical (unpaired) electrons. The standard InChI is InChI=1S/C12H22N4/c1-6-16(7-2)12-14-8-11(9(3)13-5)10(4)15-12/h8-9,13H,6-7H2,1-5H3. The van der Waals surface area contributed by atoms with E-state index in [0.29, 0.717) is 6.04 Å². The van der Waals surface area contributed by atoms with E-state index in [-0.39, 0.29) is 0 Å². The SMILES string of the molecule is CCN(CC)c1ncc(C(C)NC)c(C)n1. The minimum Gasteiger partial charge on any atom is -0.341 e. The molecule has 1 rings (SSSR count). The average molecular weight is 222 g/mol. The van der Waals surface area contributed by atoms with Crippen LogP contribution in [0.1, 0.15) is 38.1 Å². The lowest BCUT2D eigenvalue weighted by Gasteiger charge is -2.20. The first kappa shape index (κ1) is 12.9. The van der Waals surface area contributed by atoms with Gasteiger partial charge in [-0.25, -0.2) is 9.97 Å². The normalized spacial score (nSPS) is 12.6. The van der Waals surface area contributed by atoms with Crippen molar-refractivity contribution in [1.82, 2.24) is 15.3 Å². The molecule has 0 amide bonds. The van der Waals surface area contributed by atoms with Crippen molar-refractivity contribution in [2.45, 2.75) is 33.7 Å². The number of rotatable bonds is 5. The van der Waals surface area contributed by atoms with Crippen LogP contribution in [0.5, 0.6) is 0 Å². The predicted octanol–water partition coefficient (Wildman–Crippen LogP) is 1.91. The first-order valence-electron chi connectivity index (χ1n) is 5.89. The maximum Gasteiger partial charge on any atom is 0.225 e. The van der Waals surface area contributed by atoms with Crippen molar-refractivity contribution in [3.05, 3.63) is 17.5 Å². The van der Waals surface area contributed by atoms with Crippen LogP contribution in [-0.4, -0.2) is 30.1 Å². The quantitative estimate of drug-likeness (QED) is 0.826. The lowest BCUT2D eigenvalue weighted by atomic mass is 10.1. The summed E-state index contributed by atoms with van der Waals surface area (Å²) in [6, 6.07) is 0.297. The van der Waals surface area contributed by atoms with Crippen LogP contribution in [0.3, 0.4) is 0 Å². The highest BCUT2D eigenvalue weighted by atomic mass is 15.2. The zero-order valence-electron chi connectivity index (χ0n) is 10.9. The Morgan fingerprint density at radius 2 is 2.00 bits per heavy atom. The zero-order valence-corrected chi connectivity index (χ0v) is 10.9. The molecule has 16 heavy (non-hydrogen) atoms. The van der Waals surface area contributed by atoms with Gasteiger partial charge in [0, 0.05) is 36.6 Å². The van der Waals surface area contributed by atoms with Crippen LogP contribution >= 0.6 is 0 Å². The van der Waals surface area contributed by atoms with Crippen molar-refractivity contribution < 1.29 is 0 Å². The van der Waals surface area contributed by atoms with Gasteiger partial charge in [0.25, 0.3) is 0 Å². The van der Waals surface area contributed by atoms with Crippen LogP contribution < -0.4 is 10.2 Å². The average Bonchev–Trinajstić information content (AvgIpc) is 2.30. The molecule has 0 fully saturated rings. The molecule has 1 heterocycles. The van der Waals surface area contributed by atoms with Gasteiger partial charge in [0.15, 0.2) is 0 Å². The molecular weight excluding hydrogens is 200 g/mol. The summed E-state index contributed by atoms with van der Waals surface area (Å²) in [4.78, 5) is 11.1. The molecule has 1 N–H and O–H groups in total. The molecule has 0 aliphatic carbocycles. The topological polar surface area (TPSA) is 41.1 Å². The van der Waals surface area contributed by atoms with E-state index in [1.165, 1.54) is 5.56 Å². The fourth-order valence-corrected chi connectivity index (χ4v) is 1.70. The van der Waals surface area contributed by atoms with Crippen molar-refractivity contribution in [2.24, 2.45) is 0 Å². The largest absolute Gasteiger partial charge is 0.341 e. The molecule has 4 nitrogen and oxygen atoms in total. The second-order valence-electron chi connectivity index (χ2n) is 3.89. The molecule has 0 aliphatic rings. The second kappa shape index (κ2) is 5.80. The summed E-state index contributed by atoms with van der Waals surface area (Å²) in [5.74, 6) is 0.828. The van der Waals surface area contributed by atoms with E-state index >= 15 is 0 Å². The first-order valence-corrected chi connectivity index (χ1v) is 5.89. The summed E-state index contributed by atoms with van der Waals surface area (Å²) >= 11 is 0. The van der Waals surface area contributed by atoms with Crippen molar-refractivity contribution >= 4 is 5.95 Å². The van der Waals surface area contributed by atoms with Gasteiger partial charge in [-0.1, -0.05) is 0 Å². The van der Waals surface area contributed by atoms with E-state index in [2.05, 4.69) is 41.0 Å². The zero-order chi connectivity index (χ0) is 12.1. The Bertz CT molecular complexity index is 334. The molecular formula is C12H22N4. The first-order chi connectivity index (χ1) is 7.63. The summed E-state index contributed by atoms with van der Waals surface area (Å²) in [5.41, 5.74) is 2.22. The lowest BCUT2D eigenvalue weighted by Crippen LogP contribution is -2.25. The Balaban J connectivity index is 2.98. The molecule has 0 saturated carbocycles. The molecule has 0 aromatic carbocycles. The third-order valence-corrected chi connectivity index (χ3v) is 2.95. The number of anilines is 1. The van der Waals surface area contributed by atoms with E-state index in [1.807, 2.05) is 20.2 Å². The summed E-state index contributed by atoms with van der Waals surface area (Å²) in [6.45, 7) is 10.3. The monoisotopic (exact) mass is 222 g/mol. The minimum atomic E-state index is 0.297. The number of hydrogen-bond donors (Lipinski definition) is 1. The Hall–Kier alpha value is -1.16. The summed E-state index contributed by atoms with van der Waals surface area (Å²) in [5, 5.41) is 3.21. The Labute approximate surface area is 98.1 Å². The smallest absolute Gasteiger partial charge is 0.225 e. The van der Waals surface area contributed by atoms with Gasteiger partial charge >= 0.3 is 0 Å². The highest BCUT2D eigenvalue weighted by Crippen LogP contribution is 2.16. The summed E-state index contributed by atoms with van der Waals surface area (Å²) < 4.78 is 0. The number of aryl methyl sites for hydroxylation is 1. The summed E-state index contributed by atoms with van der Waals surface area (Å²) in [6.07, 6.45) is 1.93. The maximum absolute atomic E-state index is 4.56. The van der Waals surface area contributed by atoms with Gasteiger partial charge in [-0.2, -0.15) is 0 Å². The maximum atomic E-state index is 4.56. The van der Waals surface area contributed by atoms with Crippen molar-refractivity contribution in [3.8, 4) is 0 Å². The molecule has 1 aromatic heterocycles. The van der Waals surface area contributed by atoms with E-state index in [9.17, 15) is 0 Å². The Morgan fingerprint density at radius 1 is 1.38 bits per heavy atom. The second-order valence-corrected chi connectivity index (χ2v) is 3.89. The van der Waals surface area contributed by atoms with Crippen LogP contribution in [0.4, 0.5) is 5.95 Å². The van der Waals surface area contributed by atoms with Gasteiger partial charge in [0.1, 0.15) is 0 Å². The highest BCUT2D eigenvalue weighted by Gasteiger charge is 2.11. The predicted molar refractivity (Wildman–Crippen MR) is 67.8 cm³/mol. The van der Waals surface area contributed by atoms with Gasteiger partial charge in [0.2, 0.25) is 5.95 Å². The van der Waals surface area contributed by atoms with Crippen LogP contribution in [0, 0.1) is 6.92 Å². The fraction of sp³-hybridized carbons (Fsp3) is 0.667. The molecule has 90 valence electrons. The van der Waals surface area contributed by atoms with Crippen LogP contribution in [0.2, 0.25) is 0 Å². The molecule has 1 aromatic rings. The molecule has 4 heteroatoms.